The molecule has 1 N–H and O–H groups in total. The van der Waals surface area contributed by atoms with Crippen molar-refractivity contribution in [1.82, 2.24) is 4.90 Å². The topological polar surface area (TPSA) is 23.5 Å². The molecule has 1 saturated heterocycles. The monoisotopic (exact) mass is 379 g/mol. The number of hydrogen-bond donors (Lipinski definition) is 1. The molecular formula is C18H22BrNOS. The molecule has 0 saturated carbocycles. The molecule has 1 aliphatic rings. The Hall–Kier alpha value is -0.840. The molecular weight excluding hydrogens is 358 g/mol. The lowest BCUT2D eigenvalue weighted by atomic mass is 10.0. The number of thiophene rings is 1. The summed E-state index contributed by atoms with van der Waals surface area (Å²) < 4.78 is 1.03. The molecule has 1 aromatic heterocycles. The Labute approximate surface area is 144 Å². The van der Waals surface area contributed by atoms with Crippen molar-refractivity contribution < 1.29 is 5.11 Å². The fourth-order valence-corrected chi connectivity index (χ4v) is 4.78. The van der Waals surface area contributed by atoms with Crippen LogP contribution >= 0.6 is 27.3 Å². The second-order valence-corrected chi connectivity index (χ2v) is 7.94. The number of likely N-dealkylation sites (tertiary alicyclic amines) is 1. The van der Waals surface area contributed by atoms with E-state index in [9.17, 15) is 5.11 Å². The first kappa shape index (κ1) is 16.0. The van der Waals surface area contributed by atoms with Crippen molar-refractivity contribution in [2.24, 2.45) is 0 Å². The molecule has 1 unspecified atom stereocenters. The van der Waals surface area contributed by atoms with Gasteiger partial charge < -0.3 is 5.11 Å². The average molecular weight is 380 g/mol. The minimum absolute atomic E-state index is 0.397. The third-order valence-electron chi connectivity index (χ3n) is 4.48. The summed E-state index contributed by atoms with van der Waals surface area (Å²) >= 11 is 5.39. The zero-order valence-corrected chi connectivity index (χ0v) is 15.3. The van der Waals surface area contributed by atoms with Gasteiger partial charge in [-0.2, -0.15) is 0 Å². The van der Waals surface area contributed by atoms with Gasteiger partial charge in [0.2, 0.25) is 0 Å². The number of rotatable bonds is 3. The number of halogens is 1. The van der Waals surface area contributed by atoms with Crippen LogP contribution in [0.2, 0.25) is 0 Å². The summed E-state index contributed by atoms with van der Waals surface area (Å²) in [7, 11) is 0. The lowest BCUT2D eigenvalue weighted by molar-refractivity contribution is 0.193. The number of phenolic OH excluding ortho intramolecular Hbond substituents is 1. The molecule has 1 fully saturated rings. The molecule has 0 aliphatic carbocycles. The number of aryl methyl sites for hydroxylation is 1. The van der Waals surface area contributed by atoms with E-state index in [4.69, 9.17) is 0 Å². The zero-order chi connectivity index (χ0) is 15.5. The first-order chi connectivity index (χ1) is 10.6. The van der Waals surface area contributed by atoms with E-state index in [1.54, 1.807) is 6.07 Å². The number of hydrogen-bond acceptors (Lipinski definition) is 3. The lowest BCUT2D eigenvalue weighted by Crippen LogP contribution is -2.28. The van der Waals surface area contributed by atoms with Gasteiger partial charge in [-0.1, -0.05) is 28.8 Å². The number of phenols is 1. The highest BCUT2D eigenvalue weighted by Crippen LogP contribution is 2.37. The van der Waals surface area contributed by atoms with Crippen LogP contribution in [-0.4, -0.2) is 16.6 Å². The van der Waals surface area contributed by atoms with Gasteiger partial charge in [0.15, 0.2) is 0 Å². The van der Waals surface area contributed by atoms with Crippen molar-refractivity contribution in [2.75, 3.05) is 6.54 Å². The van der Waals surface area contributed by atoms with Gasteiger partial charge >= 0.3 is 0 Å². The van der Waals surface area contributed by atoms with Gasteiger partial charge in [-0.25, -0.2) is 0 Å². The highest BCUT2D eigenvalue weighted by atomic mass is 79.9. The van der Waals surface area contributed by atoms with Gasteiger partial charge in [0.05, 0.1) is 0 Å². The summed E-state index contributed by atoms with van der Waals surface area (Å²) in [6, 6.07) is 8.42. The number of benzene rings is 1. The molecule has 3 rings (SSSR count). The van der Waals surface area contributed by atoms with Crippen LogP contribution in [0.15, 0.2) is 34.1 Å². The summed E-state index contributed by atoms with van der Waals surface area (Å²) in [6.45, 7) is 4.13. The summed E-state index contributed by atoms with van der Waals surface area (Å²) in [5, 5.41) is 12.4. The van der Waals surface area contributed by atoms with Gasteiger partial charge in [0, 0.05) is 27.5 Å². The van der Waals surface area contributed by atoms with Crippen LogP contribution in [-0.2, 0) is 6.54 Å². The van der Waals surface area contributed by atoms with Gasteiger partial charge in [0.25, 0.3) is 0 Å². The van der Waals surface area contributed by atoms with Crippen LogP contribution in [0.1, 0.15) is 47.7 Å². The normalized spacial score (nSPS) is 20.0. The van der Waals surface area contributed by atoms with E-state index >= 15 is 0 Å². The predicted octanol–water partition coefficient (Wildman–Crippen LogP) is 5.64. The first-order valence-corrected chi connectivity index (χ1v) is 9.58. The zero-order valence-electron chi connectivity index (χ0n) is 12.9. The molecule has 0 spiro atoms. The molecule has 1 atom stereocenters. The molecule has 0 radical (unpaired) electrons. The summed E-state index contributed by atoms with van der Waals surface area (Å²) in [5.74, 6) is 0.397. The molecule has 0 amide bonds. The van der Waals surface area contributed by atoms with Crippen molar-refractivity contribution in [2.45, 2.75) is 45.2 Å². The van der Waals surface area contributed by atoms with Crippen molar-refractivity contribution in [3.05, 3.63) is 50.1 Å². The van der Waals surface area contributed by atoms with Crippen LogP contribution in [0.5, 0.6) is 5.75 Å². The SMILES string of the molecule is Cc1ccsc1C1CCCCCN1Cc1cc(Br)ccc1O. The fourth-order valence-electron chi connectivity index (χ4n) is 3.28. The average Bonchev–Trinajstić information content (AvgIpc) is 2.78. The molecule has 2 heterocycles. The van der Waals surface area contributed by atoms with E-state index in [1.165, 1.54) is 36.1 Å². The quantitative estimate of drug-likeness (QED) is 0.745. The summed E-state index contributed by atoms with van der Waals surface area (Å²) in [5.41, 5.74) is 2.41. The minimum Gasteiger partial charge on any atom is -0.508 e. The van der Waals surface area contributed by atoms with Gasteiger partial charge in [-0.05, 0) is 61.5 Å². The molecule has 22 heavy (non-hydrogen) atoms. The third kappa shape index (κ3) is 3.55. The van der Waals surface area contributed by atoms with E-state index in [1.807, 2.05) is 23.5 Å². The van der Waals surface area contributed by atoms with E-state index in [2.05, 4.69) is 39.2 Å². The molecule has 0 bridgehead atoms. The Morgan fingerprint density at radius 2 is 2.14 bits per heavy atom. The van der Waals surface area contributed by atoms with Crippen LogP contribution < -0.4 is 0 Å². The molecule has 1 aromatic carbocycles. The smallest absolute Gasteiger partial charge is 0.120 e. The maximum absolute atomic E-state index is 10.2. The van der Waals surface area contributed by atoms with Gasteiger partial charge in [-0.3, -0.25) is 4.90 Å². The maximum Gasteiger partial charge on any atom is 0.120 e. The Morgan fingerprint density at radius 3 is 2.91 bits per heavy atom. The first-order valence-electron chi connectivity index (χ1n) is 7.90. The van der Waals surface area contributed by atoms with Crippen molar-refractivity contribution in [1.29, 1.82) is 0 Å². The van der Waals surface area contributed by atoms with Crippen LogP contribution in [0.3, 0.4) is 0 Å². The van der Waals surface area contributed by atoms with E-state index in [0.717, 1.165) is 23.1 Å². The number of nitrogens with zero attached hydrogens (tertiary/aromatic N) is 1. The van der Waals surface area contributed by atoms with Gasteiger partial charge in [-0.15, -0.1) is 11.3 Å². The fraction of sp³-hybridized carbons (Fsp3) is 0.444. The van der Waals surface area contributed by atoms with Crippen molar-refractivity contribution >= 4 is 27.3 Å². The minimum atomic E-state index is 0.397. The van der Waals surface area contributed by atoms with Crippen LogP contribution in [0, 0.1) is 6.92 Å². The van der Waals surface area contributed by atoms with E-state index < -0.39 is 0 Å². The van der Waals surface area contributed by atoms with E-state index in [0.29, 0.717) is 11.8 Å². The largest absolute Gasteiger partial charge is 0.508 e. The van der Waals surface area contributed by atoms with Crippen molar-refractivity contribution in [3.8, 4) is 5.75 Å². The summed E-state index contributed by atoms with van der Waals surface area (Å²) in [4.78, 5) is 4.05. The van der Waals surface area contributed by atoms with Crippen molar-refractivity contribution in [3.63, 3.8) is 0 Å². The predicted molar refractivity (Wildman–Crippen MR) is 96.5 cm³/mol. The molecule has 1 aliphatic heterocycles. The maximum atomic E-state index is 10.2. The molecule has 118 valence electrons. The second-order valence-electron chi connectivity index (χ2n) is 6.08. The Bertz CT molecular complexity index is 640. The molecule has 4 heteroatoms. The Morgan fingerprint density at radius 1 is 1.27 bits per heavy atom. The lowest BCUT2D eigenvalue weighted by Gasteiger charge is -2.30. The number of aromatic hydroxyl groups is 1. The standard InChI is InChI=1S/C18H22BrNOS/c1-13-8-10-22-18(13)16-5-3-2-4-9-20(16)12-14-11-15(19)6-7-17(14)21/h6-8,10-11,16,21H,2-5,9,12H2,1H3. The van der Waals surface area contributed by atoms with Gasteiger partial charge in [0.1, 0.15) is 5.75 Å². The van der Waals surface area contributed by atoms with Crippen LogP contribution in [0.25, 0.3) is 0 Å². The van der Waals surface area contributed by atoms with Crippen LogP contribution in [0.4, 0.5) is 0 Å². The highest BCUT2D eigenvalue weighted by molar-refractivity contribution is 9.10. The molecule has 2 nitrogen and oxygen atoms in total. The Balaban J connectivity index is 1.88. The molecule has 2 aromatic rings. The second kappa shape index (κ2) is 7.16. The Kier molecular flexibility index (Phi) is 5.21. The van der Waals surface area contributed by atoms with E-state index in [-0.39, 0.29) is 0 Å². The highest BCUT2D eigenvalue weighted by Gasteiger charge is 2.25. The third-order valence-corrected chi connectivity index (χ3v) is 6.10. The summed E-state index contributed by atoms with van der Waals surface area (Å²) in [6.07, 6.45) is 5.07.